The third kappa shape index (κ3) is 2.50. The Morgan fingerprint density at radius 2 is 1.61 bits per heavy atom. The van der Waals surface area contributed by atoms with Crippen molar-refractivity contribution in [3.63, 3.8) is 0 Å². The number of aliphatic imine (C=N–C) groups is 1. The molecule has 102 valence electrons. The molecular formula is C15H27N3. The number of guanidine groups is 1. The van der Waals surface area contributed by atoms with E-state index in [9.17, 15) is 0 Å². The summed E-state index contributed by atoms with van der Waals surface area (Å²) in [5, 5.41) is 0. The van der Waals surface area contributed by atoms with Crippen molar-refractivity contribution >= 4 is 5.96 Å². The lowest BCUT2D eigenvalue weighted by Gasteiger charge is -2.33. The lowest BCUT2D eigenvalue weighted by Crippen LogP contribution is -2.44. The Balaban J connectivity index is 1.64. The first kappa shape index (κ1) is 12.3. The largest absolute Gasteiger partial charge is 0.370 e. The summed E-state index contributed by atoms with van der Waals surface area (Å²) in [6, 6.07) is 1.23. The molecule has 0 amide bonds. The standard InChI is InChI=1S/C15H27N3/c16-15(17-13-7-2-1-3-8-13)18-11-10-12-6-4-5-9-14(12)18/h12-14H,1-11H2,(H2,16,17). The zero-order valence-corrected chi connectivity index (χ0v) is 11.5. The number of hydrogen-bond donors (Lipinski definition) is 1. The molecule has 3 fully saturated rings. The van der Waals surface area contributed by atoms with Crippen molar-refractivity contribution in [2.45, 2.75) is 76.3 Å². The first-order chi connectivity index (χ1) is 8.84. The summed E-state index contributed by atoms with van der Waals surface area (Å²) in [6.07, 6.45) is 13.5. The lowest BCUT2D eigenvalue weighted by atomic mass is 9.85. The maximum absolute atomic E-state index is 6.29. The Morgan fingerprint density at radius 3 is 2.44 bits per heavy atom. The van der Waals surface area contributed by atoms with Gasteiger partial charge in [-0.3, -0.25) is 0 Å². The fraction of sp³-hybridized carbons (Fsp3) is 0.933. The molecule has 3 heteroatoms. The molecular weight excluding hydrogens is 222 g/mol. The second-order valence-electron chi connectivity index (χ2n) is 6.37. The highest BCUT2D eigenvalue weighted by molar-refractivity contribution is 5.79. The topological polar surface area (TPSA) is 41.6 Å². The van der Waals surface area contributed by atoms with Gasteiger partial charge in [-0.1, -0.05) is 32.1 Å². The summed E-state index contributed by atoms with van der Waals surface area (Å²) < 4.78 is 0. The van der Waals surface area contributed by atoms with E-state index in [4.69, 9.17) is 10.7 Å². The van der Waals surface area contributed by atoms with Gasteiger partial charge in [0.25, 0.3) is 0 Å². The molecule has 3 aliphatic rings. The second-order valence-corrected chi connectivity index (χ2v) is 6.37. The molecule has 18 heavy (non-hydrogen) atoms. The molecule has 3 rings (SSSR count). The van der Waals surface area contributed by atoms with Crippen LogP contribution in [-0.4, -0.2) is 29.5 Å². The molecule has 1 aliphatic heterocycles. The predicted octanol–water partition coefficient (Wildman–Crippen LogP) is 2.90. The molecule has 2 atom stereocenters. The molecule has 0 radical (unpaired) electrons. The van der Waals surface area contributed by atoms with Crippen LogP contribution in [-0.2, 0) is 0 Å². The number of fused-ring (bicyclic) bond motifs is 1. The fourth-order valence-corrected chi connectivity index (χ4v) is 4.16. The van der Waals surface area contributed by atoms with Gasteiger partial charge in [-0.15, -0.1) is 0 Å². The summed E-state index contributed by atoms with van der Waals surface area (Å²) >= 11 is 0. The van der Waals surface area contributed by atoms with Gasteiger partial charge in [-0.25, -0.2) is 4.99 Å². The minimum atomic E-state index is 0.515. The van der Waals surface area contributed by atoms with Crippen molar-refractivity contribution in [1.82, 2.24) is 4.90 Å². The van der Waals surface area contributed by atoms with E-state index >= 15 is 0 Å². The van der Waals surface area contributed by atoms with Crippen LogP contribution < -0.4 is 5.73 Å². The van der Waals surface area contributed by atoms with E-state index in [-0.39, 0.29) is 0 Å². The molecule has 2 saturated carbocycles. The highest BCUT2D eigenvalue weighted by Gasteiger charge is 2.36. The van der Waals surface area contributed by atoms with Gasteiger partial charge >= 0.3 is 0 Å². The van der Waals surface area contributed by atoms with Gasteiger partial charge in [0, 0.05) is 12.6 Å². The third-order valence-electron chi connectivity index (χ3n) is 5.19. The van der Waals surface area contributed by atoms with Gasteiger partial charge < -0.3 is 10.6 Å². The first-order valence-electron chi connectivity index (χ1n) is 7.94. The Kier molecular flexibility index (Phi) is 3.76. The second kappa shape index (κ2) is 5.50. The highest BCUT2D eigenvalue weighted by atomic mass is 15.3. The minimum Gasteiger partial charge on any atom is -0.370 e. The summed E-state index contributed by atoms with van der Waals surface area (Å²) in [7, 11) is 0. The van der Waals surface area contributed by atoms with E-state index in [0.29, 0.717) is 12.1 Å². The highest BCUT2D eigenvalue weighted by Crippen LogP contribution is 2.36. The summed E-state index contributed by atoms with van der Waals surface area (Å²) in [5.41, 5.74) is 6.29. The molecule has 0 aromatic rings. The van der Waals surface area contributed by atoms with Crippen molar-refractivity contribution < 1.29 is 0 Å². The predicted molar refractivity (Wildman–Crippen MR) is 75.6 cm³/mol. The smallest absolute Gasteiger partial charge is 0.191 e. The Morgan fingerprint density at radius 1 is 0.889 bits per heavy atom. The van der Waals surface area contributed by atoms with Gasteiger partial charge in [0.05, 0.1) is 6.04 Å². The number of likely N-dealkylation sites (tertiary alicyclic amines) is 1. The average Bonchev–Trinajstić information content (AvgIpc) is 2.84. The average molecular weight is 249 g/mol. The van der Waals surface area contributed by atoms with Crippen LogP contribution in [0.5, 0.6) is 0 Å². The molecule has 1 saturated heterocycles. The van der Waals surface area contributed by atoms with Crippen LogP contribution in [0, 0.1) is 5.92 Å². The molecule has 2 N–H and O–H groups in total. The molecule has 0 aromatic carbocycles. The molecule has 0 spiro atoms. The minimum absolute atomic E-state index is 0.515. The van der Waals surface area contributed by atoms with Crippen LogP contribution in [0.1, 0.15) is 64.2 Å². The van der Waals surface area contributed by atoms with E-state index in [1.165, 1.54) is 64.2 Å². The summed E-state index contributed by atoms with van der Waals surface area (Å²) in [5.74, 6) is 1.76. The fourth-order valence-electron chi connectivity index (χ4n) is 4.16. The van der Waals surface area contributed by atoms with Gasteiger partial charge in [0.1, 0.15) is 0 Å². The van der Waals surface area contributed by atoms with Crippen LogP contribution in [0.15, 0.2) is 4.99 Å². The normalized spacial score (nSPS) is 34.7. The maximum atomic E-state index is 6.29. The zero-order chi connectivity index (χ0) is 12.4. The quantitative estimate of drug-likeness (QED) is 0.573. The zero-order valence-electron chi connectivity index (χ0n) is 11.5. The van der Waals surface area contributed by atoms with Crippen molar-refractivity contribution in [2.75, 3.05) is 6.54 Å². The number of rotatable bonds is 1. The van der Waals surface area contributed by atoms with Gasteiger partial charge in [0.15, 0.2) is 5.96 Å². The SMILES string of the molecule is NC(=NC1CCCCC1)N1CCC2CCCCC21. The van der Waals surface area contributed by atoms with E-state index in [0.717, 1.165) is 18.4 Å². The van der Waals surface area contributed by atoms with Crippen LogP contribution in [0.25, 0.3) is 0 Å². The number of hydrogen-bond acceptors (Lipinski definition) is 1. The van der Waals surface area contributed by atoms with Crippen LogP contribution in [0.2, 0.25) is 0 Å². The summed E-state index contributed by atoms with van der Waals surface area (Å²) in [4.78, 5) is 7.26. The Bertz CT molecular complexity index is 307. The van der Waals surface area contributed by atoms with E-state index < -0.39 is 0 Å². The number of nitrogens with two attached hydrogens (primary N) is 1. The molecule has 2 unspecified atom stereocenters. The van der Waals surface area contributed by atoms with Crippen molar-refractivity contribution in [2.24, 2.45) is 16.6 Å². The van der Waals surface area contributed by atoms with E-state index in [2.05, 4.69) is 4.90 Å². The maximum Gasteiger partial charge on any atom is 0.191 e. The lowest BCUT2D eigenvalue weighted by molar-refractivity contribution is 0.251. The van der Waals surface area contributed by atoms with Crippen molar-refractivity contribution in [3.8, 4) is 0 Å². The number of nitrogens with zero attached hydrogens (tertiary/aromatic N) is 2. The third-order valence-corrected chi connectivity index (χ3v) is 5.19. The first-order valence-corrected chi connectivity index (χ1v) is 7.94. The van der Waals surface area contributed by atoms with Gasteiger partial charge in [-0.05, 0) is 38.0 Å². The van der Waals surface area contributed by atoms with Gasteiger partial charge in [0.2, 0.25) is 0 Å². The van der Waals surface area contributed by atoms with E-state index in [1.807, 2.05) is 0 Å². The molecule has 3 nitrogen and oxygen atoms in total. The molecule has 0 bridgehead atoms. The Hall–Kier alpha value is -0.730. The van der Waals surface area contributed by atoms with E-state index in [1.54, 1.807) is 0 Å². The van der Waals surface area contributed by atoms with Crippen molar-refractivity contribution in [1.29, 1.82) is 0 Å². The van der Waals surface area contributed by atoms with Crippen LogP contribution >= 0.6 is 0 Å². The molecule has 0 aromatic heterocycles. The molecule has 2 aliphatic carbocycles. The van der Waals surface area contributed by atoms with Crippen molar-refractivity contribution in [3.05, 3.63) is 0 Å². The van der Waals surface area contributed by atoms with Gasteiger partial charge in [-0.2, -0.15) is 0 Å². The van der Waals surface area contributed by atoms with Crippen LogP contribution in [0.4, 0.5) is 0 Å². The molecule has 1 heterocycles. The van der Waals surface area contributed by atoms with Crippen LogP contribution in [0.3, 0.4) is 0 Å². The Labute approximate surface area is 111 Å². The monoisotopic (exact) mass is 249 g/mol. The summed E-state index contributed by atoms with van der Waals surface area (Å²) in [6.45, 7) is 1.15.